The molecule has 0 saturated heterocycles. The van der Waals surface area contributed by atoms with Crippen LogP contribution < -0.4 is 11.1 Å². The van der Waals surface area contributed by atoms with Crippen molar-refractivity contribution in [2.24, 2.45) is 0 Å². The molecule has 1 aromatic heterocycles. The van der Waals surface area contributed by atoms with Gasteiger partial charge in [0.25, 0.3) is 0 Å². The van der Waals surface area contributed by atoms with Gasteiger partial charge in [-0.1, -0.05) is 0 Å². The van der Waals surface area contributed by atoms with E-state index in [-0.39, 0.29) is 0 Å². The van der Waals surface area contributed by atoms with Crippen LogP contribution in [0.2, 0.25) is 0 Å². The predicted molar refractivity (Wildman–Crippen MR) is 50.3 cm³/mol. The fourth-order valence-corrected chi connectivity index (χ4v) is 1.68. The lowest BCUT2D eigenvalue weighted by molar-refractivity contribution is -0.136. The van der Waals surface area contributed by atoms with Gasteiger partial charge in [0.15, 0.2) is 0 Å². The van der Waals surface area contributed by atoms with Crippen LogP contribution in [0.4, 0.5) is 24.0 Å². The van der Waals surface area contributed by atoms with Crippen molar-refractivity contribution in [3.63, 3.8) is 0 Å². The highest BCUT2D eigenvalue weighted by Crippen LogP contribution is 2.25. The lowest BCUT2D eigenvalue weighted by Crippen LogP contribution is -2.23. The Morgan fingerprint density at radius 1 is 1.64 bits per heavy atom. The Morgan fingerprint density at radius 3 is 2.71 bits per heavy atom. The SMILES string of the molecule is CC(CC(F)(F)F)Nc1cc(N)ns1. The van der Waals surface area contributed by atoms with E-state index >= 15 is 0 Å². The number of hydrogen-bond acceptors (Lipinski definition) is 4. The zero-order valence-electron chi connectivity index (χ0n) is 7.43. The van der Waals surface area contributed by atoms with E-state index in [4.69, 9.17) is 5.73 Å². The van der Waals surface area contributed by atoms with Gasteiger partial charge < -0.3 is 11.1 Å². The smallest absolute Gasteiger partial charge is 0.383 e. The molecule has 1 unspecified atom stereocenters. The van der Waals surface area contributed by atoms with E-state index in [0.29, 0.717) is 10.8 Å². The number of halogens is 3. The molecule has 80 valence electrons. The Labute approximate surface area is 83.3 Å². The van der Waals surface area contributed by atoms with Crippen LogP contribution in [0, 0.1) is 0 Å². The minimum Gasteiger partial charge on any atom is -0.383 e. The predicted octanol–water partition coefficient (Wildman–Crippen LogP) is 2.48. The Balaban J connectivity index is 2.45. The molecule has 0 aliphatic rings. The monoisotopic (exact) mass is 225 g/mol. The summed E-state index contributed by atoms with van der Waals surface area (Å²) in [6.45, 7) is 1.46. The number of nitrogens with two attached hydrogens (primary N) is 1. The van der Waals surface area contributed by atoms with E-state index in [9.17, 15) is 13.2 Å². The van der Waals surface area contributed by atoms with Crippen molar-refractivity contribution in [2.45, 2.75) is 25.6 Å². The molecule has 0 aliphatic heterocycles. The van der Waals surface area contributed by atoms with Gasteiger partial charge in [0.05, 0.1) is 6.42 Å². The van der Waals surface area contributed by atoms with Crippen LogP contribution in [0.3, 0.4) is 0 Å². The van der Waals surface area contributed by atoms with Gasteiger partial charge in [-0.25, -0.2) is 0 Å². The van der Waals surface area contributed by atoms with E-state index in [1.165, 1.54) is 13.0 Å². The Kier molecular flexibility index (Phi) is 3.20. The second kappa shape index (κ2) is 4.04. The number of nitrogens with one attached hydrogen (secondary N) is 1. The van der Waals surface area contributed by atoms with E-state index in [2.05, 4.69) is 9.69 Å². The molecule has 0 spiro atoms. The molecule has 7 heteroatoms. The molecule has 3 N–H and O–H groups in total. The second-order valence-corrected chi connectivity index (χ2v) is 3.79. The van der Waals surface area contributed by atoms with E-state index in [1.54, 1.807) is 0 Å². The number of nitrogens with zero attached hydrogens (tertiary/aromatic N) is 1. The largest absolute Gasteiger partial charge is 0.391 e. The Hall–Kier alpha value is -0.980. The molecule has 0 aromatic carbocycles. The van der Waals surface area contributed by atoms with Gasteiger partial charge in [-0.05, 0) is 18.5 Å². The van der Waals surface area contributed by atoms with E-state index in [1.807, 2.05) is 0 Å². The van der Waals surface area contributed by atoms with Gasteiger partial charge in [0.2, 0.25) is 0 Å². The number of hydrogen-bond donors (Lipinski definition) is 2. The van der Waals surface area contributed by atoms with Gasteiger partial charge >= 0.3 is 6.18 Å². The molecule has 0 bridgehead atoms. The molecule has 0 saturated carbocycles. The van der Waals surface area contributed by atoms with Crippen LogP contribution in [-0.4, -0.2) is 16.6 Å². The molecule has 0 fully saturated rings. The molecule has 1 heterocycles. The maximum Gasteiger partial charge on any atom is 0.391 e. The molecular weight excluding hydrogens is 215 g/mol. The molecule has 1 aromatic rings. The van der Waals surface area contributed by atoms with E-state index < -0.39 is 18.6 Å². The van der Waals surface area contributed by atoms with Crippen molar-refractivity contribution >= 4 is 22.4 Å². The molecule has 1 rings (SSSR count). The van der Waals surface area contributed by atoms with Crippen molar-refractivity contribution in [3.05, 3.63) is 6.07 Å². The third-order valence-corrected chi connectivity index (χ3v) is 2.19. The quantitative estimate of drug-likeness (QED) is 0.830. The fourth-order valence-electron chi connectivity index (χ4n) is 0.998. The van der Waals surface area contributed by atoms with Crippen LogP contribution in [-0.2, 0) is 0 Å². The topological polar surface area (TPSA) is 50.9 Å². The molecule has 0 aliphatic carbocycles. The minimum atomic E-state index is -4.15. The molecule has 3 nitrogen and oxygen atoms in total. The highest BCUT2D eigenvalue weighted by atomic mass is 32.1. The first-order chi connectivity index (χ1) is 6.37. The normalized spacial score (nSPS) is 14.0. The average molecular weight is 225 g/mol. The van der Waals surface area contributed by atoms with Crippen LogP contribution in [0.15, 0.2) is 6.07 Å². The van der Waals surface area contributed by atoms with Crippen LogP contribution in [0.5, 0.6) is 0 Å². The summed E-state index contributed by atoms with van der Waals surface area (Å²) in [7, 11) is 0. The maximum absolute atomic E-state index is 11.9. The van der Waals surface area contributed by atoms with E-state index in [0.717, 1.165) is 11.5 Å². The van der Waals surface area contributed by atoms with Crippen molar-refractivity contribution in [1.82, 2.24) is 4.37 Å². The van der Waals surface area contributed by atoms with Gasteiger partial charge in [-0.2, -0.15) is 17.5 Å². The second-order valence-electron chi connectivity index (χ2n) is 2.98. The van der Waals surface area contributed by atoms with Crippen molar-refractivity contribution in [2.75, 3.05) is 11.1 Å². The van der Waals surface area contributed by atoms with Crippen molar-refractivity contribution in [3.8, 4) is 0 Å². The number of rotatable bonds is 3. The minimum absolute atomic E-state index is 0.316. The first-order valence-electron chi connectivity index (χ1n) is 3.92. The molecule has 0 amide bonds. The third-order valence-electron chi connectivity index (χ3n) is 1.45. The molecule has 14 heavy (non-hydrogen) atoms. The highest BCUT2D eigenvalue weighted by molar-refractivity contribution is 7.10. The summed E-state index contributed by atoms with van der Waals surface area (Å²) in [5.41, 5.74) is 5.32. The molecule has 1 atom stereocenters. The zero-order valence-corrected chi connectivity index (χ0v) is 8.25. The van der Waals surface area contributed by atoms with Gasteiger partial charge in [-0.3, -0.25) is 0 Å². The molecule has 0 radical (unpaired) electrons. The lowest BCUT2D eigenvalue weighted by atomic mass is 10.2. The summed E-state index contributed by atoms with van der Waals surface area (Å²) in [4.78, 5) is 0. The Bertz CT molecular complexity index is 297. The Morgan fingerprint density at radius 2 is 2.29 bits per heavy atom. The number of aromatic nitrogens is 1. The highest BCUT2D eigenvalue weighted by Gasteiger charge is 2.30. The first-order valence-corrected chi connectivity index (χ1v) is 4.69. The zero-order chi connectivity index (χ0) is 10.8. The first kappa shape index (κ1) is 11.1. The summed E-state index contributed by atoms with van der Waals surface area (Å²) >= 11 is 1.05. The van der Waals surface area contributed by atoms with Crippen molar-refractivity contribution < 1.29 is 13.2 Å². The van der Waals surface area contributed by atoms with Crippen LogP contribution >= 0.6 is 11.5 Å². The lowest BCUT2D eigenvalue weighted by Gasteiger charge is -2.14. The number of nitrogen functional groups attached to an aromatic ring is 1. The van der Waals surface area contributed by atoms with Gasteiger partial charge in [0.1, 0.15) is 10.8 Å². The number of alkyl halides is 3. The standard InChI is InChI=1S/C7H10F3N3S/c1-4(3-7(8,9)10)12-6-2-5(11)13-14-6/h2,4,12H,3H2,1H3,(H2,11,13). The summed E-state index contributed by atoms with van der Waals surface area (Å²) in [5, 5.41) is 3.23. The summed E-state index contributed by atoms with van der Waals surface area (Å²) in [6, 6.07) is 0.840. The van der Waals surface area contributed by atoms with Crippen LogP contribution in [0.25, 0.3) is 0 Å². The fraction of sp³-hybridized carbons (Fsp3) is 0.571. The number of anilines is 2. The van der Waals surface area contributed by atoms with Gasteiger partial charge in [-0.15, -0.1) is 0 Å². The summed E-state index contributed by atoms with van der Waals surface area (Å²) in [5.74, 6) is 0.316. The average Bonchev–Trinajstić information content (AvgIpc) is 2.30. The molecular formula is C7H10F3N3S. The summed E-state index contributed by atoms with van der Waals surface area (Å²) < 4.78 is 39.6. The summed E-state index contributed by atoms with van der Waals surface area (Å²) in [6.07, 6.45) is -5.02. The maximum atomic E-state index is 11.9. The van der Waals surface area contributed by atoms with Crippen molar-refractivity contribution in [1.29, 1.82) is 0 Å². The van der Waals surface area contributed by atoms with Gasteiger partial charge in [0, 0.05) is 12.1 Å². The third kappa shape index (κ3) is 3.82. The van der Waals surface area contributed by atoms with Crippen LogP contribution in [0.1, 0.15) is 13.3 Å².